The molecule has 0 aromatic heterocycles. The molecule has 1 aromatic carbocycles. The van der Waals surface area contributed by atoms with Crippen molar-refractivity contribution in [2.45, 2.75) is 39.8 Å². The van der Waals surface area contributed by atoms with Gasteiger partial charge < -0.3 is 14.4 Å². The first kappa shape index (κ1) is 18.7. The molecule has 0 saturated carbocycles. The van der Waals surface area contributed by atoms with Crippen LogP contribution in [-0.2, 0) is 4.79 Å². The Bertz CT molecular complexity index is 438. The van der Waals surface area contributed by atoms with Crippen molar-refractivity contribution in [2.24, 2.45) is 0 Å². The second-order valence-electron chi connectivity index (χ2n) is 5.57. The molecule has 0 radical (unpaired) electrons. The Balaban J connectivity index is 2.25. The third kappa shape index (κ3) is 6.18. The van der Waals surface area contributed by atoms with Crippen molar-refractivity contribution in [3.8, 4) is 11.5 Å². The smallest absolute Gasteiger partial charge is 0.233 e. The molecule has 5 heteroatoms. The van der Waals surface area contributed by atoms with Gasteiger partial charge in [-0.2, -0.15) is 0 Å². The number of nitrogens with zero attached hydrogens (tertiary/aromatic N) is 1. The first-order valence-electron chi connectivity index (χ1n) is 7.61. The fourth-order valence-electron chi connectivity index (χ4n) is 2.30. The number of carbonyl (C=O) groups excluding carboxylic acids is 1. The van der Waals surface area contributed by atoms with E-state index in [9.17, 15) is 4.79 Å². The summed E-state index contributed by atoms with van der Waals surface area (Å²) in [6.07, 6.45) is 0. The van der Waals surface area contributed by atoms with Gasteiger partial charge in [0.25, 0.3) is 0 Å². The molecule has 0 heterocycles. The molecule has 0 aliphatic carbocycles. The van der Waals surface area contributed by atoms with E-state index in [1.165, 1.54) is 0 Å². The Morgan fingerprint density at radius 1 is 1.09 bits per heavy atom. The molecule has 1 aromatic rings. The molecule has 22 heavy (non-hydrogen) atoms. The highest BCUT2D eigenvalue weighted by molar-refractivity contribution is 7.99. The molecule has 0 bridgehead atoms. The minimum atomic E-state index is 0.194. The van der Waals surface area contributed by atoms with E-state index in [1.54, 1.807) is 18.9 Å². The quantitative estimate of drug-likeness (QED) is 0.652. The maximum Gasteiger partial charge on any atom is 0.233 e. The van der Waals surface area contributed by atoms with E-state index in [0.29, 0.717) is 12.4 Å². The standard InChI is InChI=1S/C17H27NO3S/c1-13(2)18(14(3)4)17(19)12-22-11-10-21-16-8-6-15(20-5)7-9-16/h6-9,13-14H,10-12H2,1-5H3. The monoisotopic (exact) mass is 325 g/mol. The van der Waals surface area contributed by atoms with Crippen LogP contribution in [0.5, 0.6) is 11.5 Å². The van der Waals surface area contributed by atoms with Crippen LogP contribution in [0, 0.1) is 0 Å². The fourth-order valence-corrected chi connectivity index (χ4v) is 2.97. The Kier molecular flexibility index (Phi) is 8.17. The molecule has 4 nitrogen and oxygen atoms in total. The molecule has 0 N–H and O–H groups in total. The molecular weight excluding hydrogens is 298 g/mol. The molecule has 0 saturated heterocycles. The number of hydrogen-bond acceptors (Lipinski definition) is 4. The summed E-state index contributed by atoms with van der Waals surface area (Å²) in [4.78, 5) is 14.1. The highest BCUT2D eigenvalue weighted by Gasteiger charge is 2.19. The highest BCUT2D eigenvalue weighted by Crippen LogP contribution is 2.17. The largest absolute Gasteiger partial charge is 0.497 e. The predicted molar refractivity (Wildman–Crippen MR) is 92.9 cm³/mol. The summed E-state index contributed by atoms with van der Waals surface area (Å²) in [5.41, 5.74) is 0. The van der Waals surface area contributed by atoms with Crippen molar-refractivity contribution in [1.29, 1.82) is 0 Å². The first-order valence-corrected chi connectivity index (χ1v) is 8.77. The van der Waals surface area contributed by atoms with Gasteiger partial charge in [0.1, 0.15) is 11.5 Å². The zero-order chi connectivity index (χ0) is 16.5. The number of ether oxygens (including phenoxy) is 2. The molecule has 0 unspecified atom stereocenters. The average molecular weight is 325 g/mol. The van der Waals surface area contributed by atoms with Crippen molar-refractivity contribution in [3.63, 3.8) is 0 Å². The summed E-state index contributed by atoms with van der Waals surface area (Å²) in [6.45, 7) is 8.79. The van der Waals surface area contributed by atoms with E-state index in [0.717, 1.165) is 17.3 Å². The van der Waals surface area contributed by atoms with Crippen LogP contribution >= 0.6 is 11.8 Å². The van der Waals surface area contributed by atoms with Crippen molar-refractivity contribution >= 4 is 17.7 Å². The third-order valence-corrected chi connectivity index (χ3v) is 4.09. The van der Waals surface area contributed by atoms with Crippen LogP contribution in [0.4, 0.5) is 0 Å². The van der Waals surface area contributed by atoms with Gasteiger partial charge in [-0.05, 0) is 52.0 Å². The van der Waals surface area contributed by atoms with Crippen molar-refractivity contribution in [2.75, 3.05) is 25.2 Å². The van der Waals surface area contributed by atoms with E-state index in [4.69, 9.17) is 9.47 Å². The normalized spacial score (nSPS) is 10.9. The lowest BCUT2D eigenvalue weighted by Gasteiger charge is -2.30. The number of amides is 1. The van der Waals surface area contributed by atoms with Gasteiger partial charge in [0.15, 0.2) is 0 Å². The van der Waals surface area contributed by atoms with Gasteiger partial charge in [-0.25, -0.2) is 0 Å². The van der Waals surface area contributed by atoms with E-state index >= 15 is 0 Å². The van der Waals surface area contributed by atoms with Gasteiger partial charge in [-0.15, -0.1) is 11.8 Å². The van der Waals surface area contributed by atoms with E-state index in [1.807, 2.05) is 29.2 Å². The maximum absolute atomic E-state index is 12.2. The zero-order valence-electron chi connectivity index (χ0n) is 14.2. The van der Waals surface area contributed by atoms with Crippen LogP contribution in [0.25, 0.3) is 0 Å². The van der Waals surface area contributed by atoms with Crippen molar-refractivity contribution in [1.82, 2.24) is 4.90 Å². The number of benzene rings is 1. The Labute approximate surface area is 138 Å². The summed E-state index contributed by atoms with van der Waals surface area (Å²) >= 11 is 1.61. The topological polar surface area (TPSA) is 38.8 Å². The molecule has 1 amide bonds. The number of thioether (sulfide) groups is 1. The van der Waals surface area contributed by atoms with Gasteiger partial charge in [0, 0.05) is 17.8 Å². The summed E-state index contributed by atoms with van der Waals surface area (Å²) < 4.78 is 10.7. The maximum atomic E-state index is 12.2. The van der Waals surface area contributed by atoms with E-state index < -0.39 is 0 Å². The molecule has 1 rings (SSSR count). The third-order valence-electron chi connectivity index (χ3n) is 3.18. The van der Waals surface area contributed by atoms with Crippen LogP contribution in [0.2, 0.25) is 0 Å². The molecular formula is C17H27NO3S. The predicted octanol–water partition coefficient (Wildman–Crippen LogP) is 3.45. The first-order chi connectivity index (χ1) is 10.5. The SMILES string of the molecule is COc1ccc(OCCSCC(=O)N(C(C)C)C(C)C)cc1. The number of rotatable bonds is 9. The second kappa shape index (κ2) is 9.62. The summed E-state index contributed by atoms with van der Waals surface area (Å²) in [5, 5.41) is 0. The van der Waals surface area contributed by atoms with Crippen LogP contribution in [0.3, 0.4) is 0 Å². The Hall–Kier alpha value is -1.36. The lowest BCUT2D eigenvalue weighted by atomic mass is 10.2. The van der Waals surface area contributed by atoms with Crippen molar-refractivity contribution in [3.05, 3.63) is 24.3 Å². The minimum absolute atomic E-state index is 0.194. The van der Waals surface area contributed by atoms with E-state index in [-0.39, 0.29) is 18.0 Å². The van der Waals surface area contributed by atoms with Gasteiger partial charge >= 0.3 is 0 Å². The molecule has 0 atom stereocenters. The number of carbonyl (C=O) groups is 1. The minimum Gasteiger partial charge on any atom is -0.497 e. The lowest BCUT2D eigenvalue weighted by Crippen LogP contribution is -2.43. The summed E-state index contributed by atoms with van der Waals surface area (Å²) in [6, 6.07) is 7.99. The van der Waals surface area contributed by atoms with Gasteiger partial charge in [0.2, 0.25) is 5.91 Å². The number of hydrogen-bond donors (Lipinski definition) is 0. The Morgan fingerprint density at radius 3 is 2.14 bits per heavy atom. The molecule has 0 aliphatic heterocycles. The van der Waals surface area contributed by atoms with Gasteiger partial charge in [-0.1, -0.05) is 0 Å². The Morgan fingerprint density at radius 2 is 1.64 bits per heavy atom. The van der Waals surface area contributed by atoms with Crippen LogP contribution < -0.4 is 9.47 Å². The summed E-state index contributed by atoms with van der Waals surface area (Å²) in [7, 11) is 1.64. The van der Waals surface area contributed by atoms with Crippen LogP contribution in [0.15, 0.2) is 24.3 Å². The molecule has 0 aliphatic rings. The van der Waals surface area contributed by atoms with Crippen LogP contribution in [0.1, 0.15) is 27.7 Å². The van der Waals surface area contributed by atoms with Crippen LogP contribution in [-0.4, -0.2) is 48.1 Å². The molecule has 0 spiro atoms. The van der Waals surface area contributed by atoms with Gasteiger partial charge in [-0.3, -0.25) is 4.79 Å². The molecule has 124 valence electrons. The van der Waals surface area contributed by atoms with Gasteiger partial charge in [0.05, 0.1) is 19.5 Å². The summed E-state index contributed by atoms with van der Waals surface area (Å²) in [5.74, 6) is 3.12. The second-order valence-corrected chi connectivity index (χ2v) is 6.67. The number of methoxy groups -OCH3 is 1. The molecule has 0 fully saturated rings. The van der Waals surface area contributed by atoms with E-state index in [2.05, 4.69) is 27.7 Å². The lowest BCUT2D eigenvalue weighted by molar-refractivity contribution is -0.131. The average Bonchev–Trinajstić information content (AvgIpc) is 2.46. The fraction of sp³-hybridized carbons (Fsp3) is 0.588. The highest BCUT2D eigenvalue weighted by atomic mass is 32.2. The van der Waals surface area contributed by atoms with Crippen molar-refractivity contribution < 1.29 is 14.3 Å². The zero-order valence-corrected chi connectivity index (χ0v) is 15.0.